The van der Waals surface area contributed by atoms with Gasteiger partial charge in [0, 0.05) is 11.1 Å². The van der Waals surface area contributed by atoms with Gasteiger partial charge in [0.1, 0.15) is 0 Å². The van der Waals surface area contributed by atoms with Gasteiger partial charge < -0.3 is 15.2 Å². The zero-order valence-corrected chi connectivity index (χ0v) is 15.2. The largest absolute Gasteiger partial charge is 0.493 e. The number of thiazole rings is 1. The molecule has 2 aromatic carbocycles. The number of carbonyl (C=O) groups is 1. The first-order chi connectivity index (χ1) is 12.6. The quantitative estimate of drug-likeness (QED) is 0.513. The number of nitrogens with two attached hydrogens (primary N) is 1. The monoisotopic (exact) mass is 370 g/mol. The van der Waals surface area contributed by atoms with E-state index in [1.807, 2.05) is 19.1 Å². The Bertz CT molecular complexity index is 968. The van der Waals surface area contributed by atoms with Crippen molar-refractivity contribution in [1.29, 1.82) is 0 Å². The van der Waals surface area contributed by atoms with E-state index in [0.29, 0.717) is 34.4 Å². The first-order valence-electron chi connectivity index (χ1n) is 7.91. The van der Waals surface area contributed by atoms with Crippen LogP contribution in [0.15, 0.2) is 41.5 Å². The maximum absolute atomic E-state index is 12.3. The van der Waals surface area contributed by atoms with Crippen LogP contribution in [0.2, 0.25) is 0 Å². The van der Waals surface area contributed by atoms with Crippen LogP contribution in [0.1, 0.15) is 22.8 Å². The molecule has 0 radical (unpaired) electrons. The number of ether oxygens (including phenoxy) is 2. The Morgan fingerprint density at radius 1 is 1.38 bits per heavy atom. The van der Waals surface area contributed by atoms with Crippen LogP contribution in [-0.2, 0) is 0 Å². The summed E-state index contributed by atoms with van der Waals surface area (Å²) in [5.41, 5.74) is 10.2. The summed E-state index contributed by atoms with van der Waals surface area (Å²) in [7, 11) is 1.57. The molecular formula is C18H18N4O3S. The van der Waals surface area contributed by atoms with Gasteiger partial charge in [0.15, 0.2) is 16.6 Å². The molecule has 3 rings (SSSR count). The molecule has 1 amide bonds. The van der Waals surface area contributed by atoms with Crippen LogP contribution in [-0.4, -0.2) is 30.8 Å². The number of nitrogens with one attached hydrogen (secondary N) is 1. The minimum absolute atomic E-state index is 0.323. The van der Waals surface area contributed by atoms with Crippen molar-refractivity contribution >= 4 is 38.8 Å². The highest BCUT2D eigenvalue weighted by Gasteiger charge is 2.10. The van der Waals surface area contributed by atoms with E-state index in [-0.39, 0.29) is 5.91 Å². The SMILES string of the molecule is CCOc1c(/C=N\NC(=O)c2ccc3nc(N)sc3c2)cccc1OC. The first-order valence-corrected chi connectivity index (χ1v) is 8.73. The third-order valence-electron chi connectivity index (χ3n) is 3.55. The standard InChI is InChI=1S/C18H18N4O3S/c1-3-25-16-12(5-4-6-14(16)24-2)10-20-22-17(23)11-7-8-13-15(9-11)26-18(19)21-13/h4-10H,3H2,1-2H3,(H2,19,21)(H,22,23)/b20-10-. The zero-order valence-electron chi connectivity index (χ0n) is 14.4. The van der Waals surface area contributed by atoms with E-state index in [1.165, 1.54) is 17.6 Å². The van der Waals surface area contributed by atoms with Crippen molar-refractivity contribution in [3.05, 3.63) is 47.5 Å². The van der Waals surface area contributed by atoms with Gasteiger partial charge in [0.2, 0.25) is 0 Å². The van der Waals surface area contributed by atoms with E-state index >= 15 is 0 Å². The fourth-order valence-electron chi connectivity index (χ4n) is 2.40. The molecule has 0 aliphatic rings. The highest BCUT2D eigenvalue weighted by molar-refractivity contribution is 7.22. The van der Waals surface area contributed by atoms with Crippen molar-refractivity contribution in [3.63, 3.8) is 0 Å². The van der Waals surface area contributed by atoms with Gasteiger partial charge in [0.25, 0.3) is 5.91 Å². The fourth-order valence-corrected chi connectivity index (χ4v) is 3.18. The lowest BCUT2D eigenvalue weighted by atomic mass is 10.2. The molecule has 3 N–H and O–H groups in total. The van der Waals surface area contributed by atoms with Gasteiger partial charge in [-0.05, 0) is 37.3 Å². The Labute approximate surface area is 154 Å². The van der Waals surface area contributed by atoms with Crippen molar-refractivity contribution in [3.8, 4) is 11.5 Å². The van der Waals surface area contributed by atoms with Crippen LogP contribution in [0.25, 0.3) is 10.2 Å². The van der Waals surface area contributed by atoms with Crippen molar-refractivity contribution in [1.82, 2.24) is 10.4 Å². The van der Waals surface area contributed by atoms with Crippen LogP contribution >= 0.6 is 11.3 Å². The maximum atomic E-state index is 12.3. The molecule has 0 fully saturated rings. The van der Waals surface area contributed by atoms with Crippen LogP contribution < -0.4 is 20.6 Å². The summed E-state index contributed by atoms with van der Waals surface area (Å²) in [4.78, 5) is 16.5. The average Bonchev–Trinajstić information content (AvgIpc) is 3.02. The minimum atomic E-state index is -0.323. The number of aromatic nitrogens is 1. The van der Waals surface area contributed by atoms with Gasteiger partial charge in [-0.3, -0.25) is 4.79 Å². The summed E-state index contributed by atoms with van der Waals surface area (Å²) in [6, 6.07) is 10.6. The van der Waals surface area contributed by atoms with Gasteiger partial charge in [-0.2, -0.15) is 5.10 Å². The molecule has 0 unspecified atom stereocenters. The third kappa shape index (κ3) is 3.75. The van der Waals surface area contributed by atoms with E-state index in [2.05, 4.69) is 15.5 Å². The second-order valence-corrected chi connectivity index (χ2v) is 6.31. The number of nitrogen functional groups attached to an aromatic ring is 1. The molecule has 26 heavy (non-hydrogen) atoms. The predicted molar refractivity (Wildman–Crippen MR) is 103 cm³/mol. The number of para-hydroxylation sites is 1. The van der Waals surface area contributed by atoms with Crippen molar-refractivity contribution in [2.45, 2.75) is 6.92 Å². The van der Waals surface area contributed by atoms with E-state index < -0.39 is 0 Å². The number of fused-ring (bicyclic) bond motifs is 1. The molecule has 0 spiro atoms. The minimum Gasteiger partial charge on any atom is -0.493 e. The van der Waals surface area contributed by atoms with Crippen LogP contribution in [0, 0.1) is 0 Å². The molecule has 1 heterocycles. The molecule has 0 saturated heterocycles. The normalized spacial score (nSPS) is 11.0. The highest BCUT2D eigenvalue weighted by atomic mass is 32.1. The number of rotatable bonds is 6. The second kappa shape index (κ2) is 7.83. The molecule has 3 aromatic rings. The Morgan fingerprint density at radius 2 is 2.23 bits per heavy atom. The molecule has 0 saturated carbocycles. The molecule has 8 heteroatoms. The van der Waals surface area contributed by atoms with Crippen molar-refractivity contribution < 1.29 is 14.3 Å². The highest BCUT2D eigenvalue weighted by Crippen LogP contribution is 2.30. The number of hydrazone groups is 1. The predicted octanol–water partition coefficient (Wildman–Crippen LogP) is 3.05. The summed E-state index contributed by atoms with van der Waals surface area (Å²) in [6.07, 6.45) is 1.52. The summed E-state index contributed by atoms with van der Waals surface area (Å²) in [5, 5.41) is 4.49. The lowest BCUT2D eigenvalue weighted by molar-refractivity contribution is 0.0955. The smallest absolute Gasteiger partial charge is 0.271 e. The van der Waals surface area contributed by atoms with E-state index in [1.54, 1.807) is 31.4 Å². The van der Waals surface area contributed by atoms with Gasteiger partial charge in [0.05, 0.1) is 30.1 Å². The summed E-state index contributed by atoms with van der Waals surface area (Å²) in [6.45, 7) is 2.38. The van der Waals surface area contributed by atoms with Crippen molar-refractivity contribution in [2.75, 3.05) is 19.5 Å². The van der Waals surface area contributed by atoms with Crippen molar-refractivity contribution in [2.24, 2.45) is 5.10 Å². The van der Waals surface area contributed by atoms with Gasteiger partial charge >= 0.3 is 0 Å². The number of methoxy groups -OCH3 is 1. The second-order valence-electron chi connectivity index (χ2n) is 5.25. The number of anilines is 1. The van der Waals surface area contributed by atoms with E-state index in [4.69, 9.17) is 15.2 Å². The molecular weight excluding hydrogens is 352 g/mol. The first kappa shape index (κ1) is 17.7. The molecule has 0 bridgehead atoms. The number of amides is 1. The number of hydrogen-bond acceptors (Lipinski definition) is 7. The van der Waals surface area contributed by atoms with E-state index in [0.717, 1.165) is 10.2 Å². The third-order valence-corrected chi connectivity index (χ3v) is 4.40. The number of nitrogens with zero attached hydrogens (tertiary/aromatic N) is 2. The summed E-state index contributed by atoms with van der Waals surface area (Å²) < 4.78 is 11.7. The number of hydrogen-bond donors (Lipinski definition) is 2. The molecule has 134 valence electrons. The van der Waals surface area contributed by atoms with Crippen LogP contribution in [0.4, 0.5) is 5.13 Å². The molecule has 0 atom stereocenters. The summed E-state index contributed by atoms with van der Waals surface area (Å²) >= 11 is 1.33. The lowest BCUT2D eigenvalue weighted by Crippen LogP contribution is -2.17. The number of carbonyl (C=O) groups excluding carboxylic acids is 1. The number of benzene rings is 2. The van der Waals surface area contributed by atoms with E-state index in [9.17, 15) is 4.79 Å². The van der Waals surface area contributed by atoms with Gasteiger partial charge in [-0.25, -0.2) is 10.4 Å². The Morgan fingerprint density at radius 3 is 3.00 bits per heavy atom. The molecule has 1 aromatic heterocycles. The molecule has 0 aliphatic heterocycles. The van der Waals surface area contributed by atoms with Gasteiger partial charge in [-0.1, -0.05) is 17.4 Å². The average molecular weight is 370 g/mol. The Hall–Kier alpha value is -3.13. The fraction of sp³-hybridized carbons (Fsp3) is 0.167. The Balaban J connectivity index is 1.76. The molecule has 7 nitrogen and oxygen atoms in total. The topological polar surface area (TPSA) is 98.8 Å². The van der Waals surface area contributed by atoms with Crippen LogP contribution in [0.5, 0.6) is 11.5 Å². The van der Waals surface area contributed by atoms with Gasteiger partial charge in [-0.15, -0.1) is 0 Å². The summed E-state index contributed by atoms with van der Waals surface area (Å²) in [5.74, 6) is 0.864. The molecule has 0 aliphatic carbocycles. The Kier molecular flexibility index (Phi) is 5.33. The van der Waals surface area contributed by atoms with Crippen LogP contribution in [0.3, 0.4) is 0 Å². The maximum Gasteiger partial charge on any atom is 0.271 e. The lowest BCUT2D eigenvalue weighted by Gasteiger charge is -2.11. The zero-order chi connectivity index (χ0) is 18.5.